The van der Waals surface area contributed by atoms with Crippen molar-refractivity contribution in [2.45, 2.75) is 31.1 Å². The van der Waals surface area contributed by atoms with E-state index >= 15 is 0 Å². The highest BCUT2D eigenvalue weighted by molar-refractivity contribution is 8.00. The van der Waals surface area contributed by atoms with Crippen molar-refractivity contribution in [3.63, 3.8) is 0 Å². The van der Waals surface area contributed by atoms with Gasteiger partial charge in [0.15, 0.2) is 0 Å². The Morgan fingerprint density at radius 2 is 2.15 bits per heavy atom. The first-order valence-electron chi connectivity index (χ1n) is 7.27. The zero-order valence-corrected chi connectivity index (χ0v) is 12.9. The number of aryl methyl sites for hydroxylation is 1. The van der Waals surface area contributed by atoms with Crippen LogP contribution in [0.1, 0.15) is 24.8 Å². The molecule has 4 heteroatoms. The lowest BCUT2D eigenvalue weighted by Crippen LogP contribution is -2.41. The van der Waals surface area contributed by atoms with Gasteiger partial charge in [-0.1, -0.05) is 17.7 Å². The molecule has 3 nitrogen and oxygen atoms in total. The predicted molar refractivity (Wildman–Crippen MR) is 82.9 cm³/mol. The highest BCUT2D eigenvalue weighted by Crippen LogP contribution is 2.22. The molecule has 0 aromatic heterocycles. The van der Waals surface area contributed by atoms with E-state index in [2.05, 4.69) is 31.2 Å². The van der Waals surface area contributed by atoms with E-state index in [9.17, 15) is 4.79 Å². The van der Waals surface area contributed by atoms with Gasteiger partial charge in [0.25, 0.3) is 0 Å². The molecule has 1 aliphatic heterocycles. The second-order valence-corrected chi connectivity index (χ2v) is 6.51. The van der Waals surface area contributed by atoms with E-state index in [0.717, 1.165) is 37.2 Å². The second-order valence-electron chi connectivity index (χ2n) is 5.46. The van der Waals surface area contributed by atoms with Crippen molar-refractivity contribution in [1.82, 2.24) is 4.90 Å². The van der Waals surface area contributed by atoms with E-state index in [0.29, 0.717) is 11.7 Å². The van der Waals surface area contributed by atoms with Crippen molar-refractivity contribution in [2.75, 3.05) is 25.4 Å². The fraction of sp³-hybridized carbons (Fsp3) is 0.562. The molecule has 1 unspecified atom stereocenters. The third-order valence-electron chi connectivity index (χ3n) is 3.79. The molecule has 0 bridgehead atoms. The number of hydrogen-bond donors (Lipinski definition) is 1. The van der Waals surface area contributed by atoms with Crippen LogP contribution in [0.3, 0.4) is 0 Å². The minimum Gasteiger partial charge on any atom is -0.396 e. The molecule has 0 saturated carbocycles. The average molecular weight is 293 g/mol. The second kappa shape index (κ2) is 7.70. The Morgan fingerprint density at radius 1 is 1.40 bits per heavy atom. The molecule has 1 heterocycles. The number of thioether (sulfide) groups is 1. The van der Waals surface area contributed by atoms with E-state index < -0.39 is 0 Å². The Bertz CT molecular complexity index is 431. The van der Waals surface area contributed by atoms with Crippen molar-refractivity contribution >= 4 is 17.7 Å². The maximum Gasteiger partial charge on any atom is 0.232 e. The van der Waals surface area contributed by atoms with Crippen molar-refractivity contribution in [1.29, 1.82) is 0 Å². The number of nitrogens with zero attached hydrogens (tertiary/aromatic N) is 1. The van der Waals surface area contributed by atoms with E-state index in [1.807, 2.05) is 4.90 Å². The molecule has 1 amide bonds. The van der Waals surface area contributed by atoms with Crippen LogP contribution in [-0.2, 0) is 4.79 Å². The van der Waals surface area contributed by atoms with Gasteiger partial charge in [-0.2, -0.15) is 0 Å². The van der Waals surface area contributed by atoms with Gasteiger partial charge >= 0.3 is 0 Å². The summed E-state index contributed by atoms with van der Waals surface area (Å²) in [5, 5.41) is 9.01. The summed E-state index contributed by atoms with van der Waals surface area (Å²) in [6, 6.07) is 8.28. The first-order valence-corrected chi connectivity index (χ1v) is 8.25. The maximum atomic E-state index is 12.2. The van der Waals surface area contributed by atoms with Crippen LogP contribution in [0, 0.1) is 12.8 Å². The molecule has 1 fully saturated rings. The summed E-state index contributed by atoms with van der Waals surface area (Å²) >= 11 is 1.60. The smallest absolute Gasteiger partial charge is 0.232 e. The Balaban J connectivity index is 1.80. The van der Waals surface area contributed by atoms with Gasteiger partial charge in [-0.05, 0) is 44.2 Å². The van der Waals surface area contributed by atoms with Crippen LogP contribution in [0.15, 0.2) is 29.2 Å². The van der Waals surface area contributed by atoms with E-state index in [4.69, 9.17) is 5.11 Å². The van der Waals surface area contributed by atoms with Gasteiger partial charge in [-0.25, -0.2) is 0 Å². The summed E-state index contributed by atoms with van der Waals surface area (Å²) in [6.07, 6.45) is 3.01. The molecule has 1 atom stereocenters. The number of likely N-dealkylation sites (tertiary alicyclic amines) is 1. The number of rotatable bonds is 5. The Labute approximate surface area is 125 Å². The molecule has 20 heavy (non-hydrogen) atoms. The van der Waals surface area contributed by atoms with Crippen LogP contribution >= 0.6 is 11.8 Å². The van der Waals surface area contributed by atoms with Gasteiger partial charge in [-0.3, -0.25) is 4.79 Å². The normalized spacial score (nSPS) is 19.1. The molecule has 1 aliphatic rings. The first-order chi connectivity index (χ1) is 9.69. The van der Waals surface area contributed by atoms with Gasteiger partial charge in [0.2, 0.25) is 5.91 Å². The third-order valence-corrected chi connectivity index (χ3v) is 4.79. The fourth-order valence-electron chi connectivity index (χ4n) is 2.58. The first kappa shape index (κ1) is 15.4. The summed E-state index contributed by atoms with van der Waals surface area (Å²) in [5.41, 5.74) is 1.24. The quantitative estimate of drug-likeness (QED) is 0.849. The molecule has 0 radical (unpaired) electrons. The molecule has 2 rings (SSSR count). The average Bonchev–Trinajstić information content (AvgIpc) is 2.47. The van der Waals surface area contributed by atoms with Crippen LogP contribution in [-0.4, -0.2) is 41.4 Å². The van der Waals surface area contributed by atoms with Crippen LogP contribution in [0.25, 0.3) is 0 Å². The van der Waals surface area contributed by atoms with Crippen LogP contribution in [0.2, 0.25) is 0 Å². The number of benzene rings is 1. The zero-order chi connectivity index (χ0) is 14.4. The molecule has 1 N–H and O–H groups in total. The molecule has 0 spiro atoms. The SMILES string of the molecule is Cc1ccc(SCC(=O)N2CCCC(CCO)C2)cc1. The number of aliphatic hydroxyl groups excluding tert-OH is 1. The van der Waals surface area contributed by atoms with Gasteiger partial charge < -0.3 is 10.0 Å². The Morgan fingerprint density at radius 3 is 2.85 bits per heavy atom. The van der Waals surface area contributed by atoms with Gasteiger partial charge in [-0.15, -0.1) is 11.8 Å². The Hall–Kier alpha value is -1.00. The third kappa shape index (κ3) is 4.53. The summed E-state index contributed by atoms with van der Waals surface area (Å²) in [5.74, 6) is 1.20. The summed E-state index contributed by atoms with van der Waals surface area (Å²) in [4.78, 5) is 15.3. The standard InChI is InChI=1S/C16H23NO2S/c1-13-4-6-15(7-5-13)20-12-16(19)17-9-2-3-14(11-17)8-10-18/h4-7,14,18H,2-3,8-12H2,1H3. The minimum absolute atomic E-state index is 0.221. The van der Waals surface area contributed by atoms with Gasteiger partial charge in [0, 0.05) is 24.6 Å². The molecule has 0 aliphatic carbocycles. The summed E-state index contributed by atoms with van der Waals surface area (Å²) < 4.78 is 0. The zero-order valence-electron chi connectivity index (χ0n) is 12.0. The van der Waals surface area contributed by atoms with E-state index in [1.54, 1.807) is 11.8 Å². The van der Waals surface area contributed by atoms with Crippen molar-refractivity contribution in [3.05, 3.63) is 29.8 Å². The topological polar surface area (TPSA) is 40.5 Å². The number of carbonyl (C=O) groups is 1. The minimum atomic E-state index is 0.221. The highest BCUT2D eigenvalue weighted by Gasteiger charge is 2.23. The van der Waals surface area contributed by atoms with Gasteiger partial charge in [0.05, 0.1) is 5.75 Å². The molecule has 110 valence electrons. The lowest BCUT2D eigenvalue weighted by molar-refractivity contribution is -0.130. The predicted octanol–water partition coefficient (Wildman–Crippen LogP) is 2.71. The van der Waals surface area contributed by atoms with Crippen molar-refractivity contribution in [3.8, 4) is 0 Å². The fourth-order valence-corrected chi connectivity index (χ4v) is 3.38. The molecular weight excluding hydrogens is 270 g/mol. The molecular formula is C16H23NO2S. The highest BCUT2D eigenvalue weighted by atomic mass is 32.2. The summed E-state index contributed by atoms with van der Waals surface area (Å²) in [7, 11) is 0. The lowest BCUT2D eigenvalue weighted by Gasteiger charge is -2.32. The van der Waals surface area contributed by atoms with Crippen molar-refractivity contribution in [2.24, 2.45) is 5.92 Å². The van der Waals surface area contributed by atoms with Crippen molar-refractivity contribution < 1.29 is 9.90 Å². The summed E-state index contributed by atoms with van der Waals surface area (Å²) in [6.45, 7) is 3.97. The number of piperidine rings is 1. The molecule has 1 saturated heterocycles. The van der Waals surface area contributed by atoms with E-state index in [1.165, 1.54) is 5.56 Å². The Kier molecular flexibility index (Phi) is 5.92. The largest absolute Gasteiger partial charge is 0.396 e. The molecule has 1 aromatic rings. The molecule has 1 aromatic carbocycles. The number of amides is 1. The van der Waals surface area contributed by atoms with E-state index in [-0.39, 0.29) is 12.5 Å². The number of aliphatic hydroxyl groups is 1. The van der Waals surface area contributed by atoms with Gasteiger partial charge in [0.1, 0.15) is 0 Å². The monoisotopic (exact) mass is 293 g/mol. The lowest BCUT2D eigenvalue weighted by atomic mass is 9.95. The number of hydrogen-bond acceptors (Lipinski definition) is 3. The van der Waals surface area contributed by atoms with Crippen LogP contribution in [0.5, 0.6) is 0 Å². The van der Waals surface area contributed by atoms with Crippen LogP contribution < -0.4 is 0 Å². The maximum absolute atomic E-state index is 12.2. The van der Waals surface area contributed by atoms with Crippen LogP contribution in [0.4, 0.5) is 0 Å². The number of carbonyl (C=O) groups excluding carboxylic acids is 1.